The van der Waals surface area contributed by atoms with Crippen LogP contribution in [0.15, 0.2) is 0 Å². The van der Waals surface area contributed by atoms with Gasteiger partial charge < -0.3 is 15.4 Å². The Labute approximate surface area is 100 Å². The first-order valence-corrected chi connectivity index (χ1v) is 6.41. The summed E-state index contributed by atoms with van der Waals surface area (Å²) in [6.07, 6.45) is 4.73. The normalized spacial score (nSPS) is 29.6. The van der Waals surface area contributed by atoms with Crippen molar-refractivity contribution in [2.45, 2.75) is 51.6 Å². The Balaban J connectivity index is 2.42. The third-order valence-corrected chi connectivity index (χ3v) is 3.84. The molecule has 1 aliphatic rings. The van der Waals surface area contributed by atoms with Crippen molar-refractivity contribution in [3.8, 4) is 0 Å². The molecule has 0 aromatic rings. The minimum atomic E-state index is 0.348. The van der Waals surface area contributed by atoms with Gasteiger partial charge in [0, 0.05) is 32.3 Å². The summed E-state index contributed by atoms with van der Waals surface area (Å²) in [5, 5.41) is 0. The van der Waals surface area contributed by atoms with Gasteiger partial charge in [-0.3, -0.25) is 0 Å². The lowest BCUT2D eigenvalue weighted by Crippen LogP contribution is -2.51. The summed E-state index contributed by atoms with van der Waals surface area (Å²) < 4.78 is 5.09. The summed E-state index contributed by atoms with van der Waals surface area (Å²) in [7, 11) is 3.96. The third-order valence-electron chi connectivity index (χ3n) is 3.84. The van der Waals surface area contributed by atoms with Crippen LogP contribution in [0.5, 0.6) is 0 Å². The van der Waals surface area contributed by atoms with Crippen LogP contribution in [0.3, 0.4) is 0 Å². The van der Waals surface area contributed by atoms with Gasteiger partial charge in [0.05, 0.1) is 0 Å². The molecule has 96 valence electrons. The van der Waals surface area contributed by atoms with Crippen LogP contribution in [0.25, 0.3) is 0 Å². The smallest absolute Gasteiger partial charge is 0.0474 e. The van der Waals surface area contributed by atoms with Crippen LogP contribution in [0.4, 0.5) is 0 Å². The van der Waals surface area contributed by atoms with Crippen LogP contribution in [-0.4, -0.2) is 44.3 Å². The van der Waals surface area contributed by atoms with Gasteiger partial charge in [0.2, 0.25) is 0 Å². The molecule has 0 bridgehead atoms. The van der Waals surface area contributed by atoms with Crippen molar-refractivity contribution in [1.29, 1.82) is 0 Å². The first kappa shape index (κ1) is 13.9. The fourth-order valence-corrected chi connectivity index (χ4v) is 2.68. The number of rotatable bonds is 5. The van der Waals surface area contributed by atoms with E-state index in [1.165, 1.54) is 12.8 Å². The molecule has 1 saturated carbocycles. The monoisotopic (exact) mass is 228 g/mol. The van der Waals surface area contributed by atoms with Gasteiger partial charge in [-0.15, -0.1) is 0 Å². The zero-order chi connectivity index (χ0) is 12.2. The maximum atomic E-state index is 6.23. The number of nitrogens with two attached hydrogens (primary N) is 1. The summed E-state index contributed by atoms with van der Waals surface area (Å²) >= 11 is 0. The third kappa shape index (κ3) is 4.04. The van der Waals surface area contributed by atoms with Crippen LogP contribution in [0.2, 0.25) is 0 Å². The van der Waals surface area contributed by atoms with Crippen LogP contribution < -0.4 is 5.73 Å². The lowest BCUT2D eigenvalue weighted by Gasteiger charge is -2.43. The molecule has 1 fully saturated rings. The predicted octanol–water partition coefficient (Wildman–Crippen LogP) is 1.86. The number of likely N-dealkylation sites (N-methyl/N-ethyl adjacent to an activating group) is 1. The highest BCUT2D eigenvalue weighted by Gasteiger charge is 2.34. The van der Waals surface area contributed by atoms with Crippen molar-refractivity contribution < 1.29 is 4.74 Å². The largest absolute Gasteiger partial charge is 0.385 e. The number of nitrogens with zero attached hydrogens (tertiary/aromatic N) is 1. The zero-order valence-electron chi connectivity index (χ0n) is 11.3. The molecule has 2 atom stereocenters. The molecule has 0 aromatic heterocycles. The van der Waals surface area contributed by atoms with E-state index >= 15 is 0 Å². The minimum Gasteiger partial charge on any atom is -0.385 e. The maximum absolute atomic E-state index is 6.23. The second-order valence-corrected chi connectivity index (χ2v) is 5.97. The first-order chi connectivity index (χ1) is 7.46. The van der Waals surface area contributed by atoms with Crippen LogP contribution in [-0.2, 0) is 4.74 Å². The van der Waals surface area contributed by atoms with Gasteiger partial charge in [-0.2, -0.15) is 0 Å². The fourth-order valence-electron chi connectivity index (χ4n) is 2.68. The zero-order valence-corrected chi connectivity index (χ0v) is 11.3. The molecule has 16 heavy (non-hydrogen) atoms. The van der Waals surface area contributed by atoms with Crippen molar-refractivity contribution in [1.82, 2.24) is 4.90 Å². The molecule has 0 saturated heterocycles. The summed E-state index contributed by atoms with van der Waals surface area (Å²) in [5.41, 5.74) is 6.69. The standard InChI is InChI=1S/C13H28N2O/c1-13(2)7-6-11(14)12(10-13)15(3)8-5-9-16-4/h11-12H,5-10,14H2,1-4H3. The number of ether oxygens (including phenoxy) is 1. The quantitative estimate of drug-likeness (QED) is 0.730. The molecule has 1 rings (SSSR count). The van der Waals surface area contributed by atoms with Crippen molar-refractivity contribution in [2.75, 3.05) is 27.3 Å². The molecular formula is C13H28N2O. The summed E-state index contributed by atoms with van der Waals surface area (Å²) in [4.78, 5) is 2.42. The molecule has 2 unspecified atom stereocenters. The van der Waals surface area contributed by atoms with Gasteiger partial charge in [0.15, 0.2) is 0 Å². The number of hydrogen-bond acceptors (Lipinski definition) is 3. The summed E-state index contributed by atoms with van der Waals surface area (Å²) in [6.45, 7) is 6.64. The lowest BCUT2D eigenvalue weighted by molar-refractivity contribution is 0.0876. The Kier molecular flexibility index (Phi) is 5.22. The van der Waals surface area contributed by atoms with Crippen molar-refractivity contribution in [3.05, 3.63) is 0 Å². The molecule has 0 heterocycles. The van der Waals surface area contributed by atoms with Gasteiger partial charge in [-0.05, 0) is 38.1 Å². The molecule has 0 spiro atoms. The molecule has 2 N–H and O–H groups in total. The summed E-state index contributed by atoms with van der Waals surface area (Å²) in [5.74, 6) is 0. The highest BCUT2D eigenvalue weighted by molar-refractivity contribution is 4.91. The van der Waals surface area contributed by atoms with Gasteiger partial charge in [-0.1, -0.05) is 13.8 Å². The lowest BCUT2D eigenvalue weighted by atomic mass is 9.73. The van der Waals surface area contributed by atoms with E-state index in [1.54, 1.807) is 7.11 Å². The Morgan fingerprint density at radius 1 is 1.44 bits per heavy atom. The topological polar surface area (TPSA) is 38.5 Å². The Hall–Kier alpha value is -0.120. The van der Waals surface area contributed by atoms with E-state index in [2.05, 4.69) is 25.8 Å². The number of hydrogen-bond donors (Lipinski definition) is 1. The van der Waals surface area contributed by atoms with Crippen LogP contribution in [0.1, 0.15) is 39.5 Å². The van der Waals surface area contributed by atoms with E-state index in [0.29, 0.717) is 17.5 Å². The van der Waals surface area contributed by atoms with Gasteiger partial charge in [0.1, 0.15) is 0 Å². The molecule has 0 aliphatic heterocycles. The Morgan fingerprint density at radius 3 is 2.75 bits per heavy atom. The van der Waals surface area contributed by atoms with Gasteiger partial charge >= 0.3 is 0 Å². The number of methoxy groups -OCH3 is 1. The highest BCUT2D eigenvalue weighted by atomic mass is 16.5. The average Bonchev–Trinajstić information content (AvgIpc) is 2.22. The molecule has 0 radical (unpaired) electrons. The first-order valence-electron chi connectivity index (χ1n) is 6.41. The summed E-state index contributed by atoms with van der Waals surface area (Å²) in [6, 6.07) is 0.890. The molecule has 0 aromatic carbocycles. The van der Waals surface area contributed by atoms with E-state index in [0.717, 1.165) is 26.0 Å². The van der Waals surface area contributed by atoms with Gasteiger partial charge in [0.25, 0.3) is 0 Å². The van der Waals surface area contributed by atoms with Crippen LogP contribution >= 0.6 is 0 Å². The average molecular weight is 228 g/mol. The molecule has 3 nitrogen and oxygen atoms in total. The Morgan fingerprint density at radius 2 is 2.12 bits per heavy atom. The molecule has 3 heteroatoms. The highest BCUT2D eigenvalue weighted by Crippen LogP contribution is 2.36. The van der Waals surface area contributed by atoms with Crippen LogP contribution in [0, 0.1) is 5.41 Å². The molecule has 1 aliphatic carbocycles. The van der Waals surface area contributed by atoms with Crippen molar-refractivity contribution in [3.63, 3.8) is 0 Å². The van der Waals surface area contributed by atoms with E-state index in [4.69, 9.17) is 10.5 Å². The second kappa shape index (κ2) is 5.99. The SMILES string of the molecule is COCCCN(C)C1CC(C)(C)CCC1N. The fraction of sp³-hybridized carbons (Fsp3) is 1.00. The Bertz CT molecular complexity index is 206. The predicted molar refractivity (Wildman–Crippen MR) is 68.5 cm³/mol. The van der Waals surface area contributed by atoms with Crippen molar-refractivity contribution >= 4 is 0 Å². The second-order valence-electron chi connectivity index (χ2n) is 5.97. The molecule has 0 amide bonds. The van der Waals surface area contributed by atoms with Crippen molar-refractivity contribution in [2.24, 2.45) is 11.1 Å². The minimum absolute atomic E-state index is 0.348. The van der Waals surface area contributed by atoms with Gasteiger partial charge in [-0.25, -0.2) is 0 Å². The van der Waals surface area contributed by atoms with E-state index in [9.17, 15) is 0 Å². The maximum Gasteiger partial charge on any atom is 0.0474 e. The molecular weight excluding hydrogens is 200 g/mol. The van der Waals surface area contributed by atoms with E-state index < -0.39 is 0 Å². The van der Waals surface area contributed by atoms with E-state index in [1.807, 2.05) is 0 Å². The van der Waals surface area contributed by atoms with E-state index in [-0.39, 0.29) is 0 Å².